The predicted octanol–water partition coefficient (Wildman–Crippen LogP) is 2.19. The van der Waals surface area contributed by atoms with Crippen LogP contribution in [-0.4, -0.2) is 34.0 Å². The Labute approximate surface area is 124 Å². The van der Waals surface area contributed by atoms with E-state index >= 15 is 0 Å². The summed E-state index contributed by atoms with van der Waals surface area (Å²) < 4.78 is 0. The summed E-state index contributed by atoms with van der Waals surface area (Å²) in [5.41, 5.74) is 1.74. The Morgan fingerprint density at radius 1 is 1.24 bits per heavy atom. The molecule has 1 N–H and O–H groups in total. The number of aromatic nitrogens is 1. The third kappa shape index (κ3) is 3.91. The smallest absolute Gasteiger partial charge is 0.317 e. The molecular weight excluding hydrogens is 264 g/mol. The van der Waals surface area contributed by atoms with Gasteiger partial charge in [-0.2, -0.15) is 0 Å². The van der Waals surface area contributed by atoms with Crippen LogP contribution < -0.4 is 0 Å². The quantitative estimate of drug-likeness (QED) is 0.824. The number of hydrogen-bond donors (Lipinski definition) is 1. The summed E-state index contributed by atoms with van der Waals surface area (Å²) in [4.78, 5) is 17.2. The summed E-state index contributed by atoms with van der Waals surface area (Å²) in [5, 5.41) is 9.12. The van der Waals surface area contributed by atoms with E-state index in [1.165, 1.54) is 0 Å². The minimum Gasteiger partial charge on any atom is -0.480 e. The molecule has 1 aromatic heterocycles. The van der Waals surface area contributed by atoms with Crippen molar-refractivity contribution in [3.63, 3.8) is 0 Å². The standard InChI is InChI=1S/C17H16N2O2/c1-2-12-19(13-16(20)21)17(14-8-4-3-5-9-14)15-10-6-7-11-18-15/h1,3-11,17H,12-13H2,(H,20,21). The van der Waals surface area contributed by atoms with Gasteiger partial charge in [-0.25, -0.2) is 0 Å². The van der Waals surface area contributed by atoms with Crippen molar-refractivity contribution in [1.82, 2.24) is 9.88 Å². The first-order valence-electron chi connectivity index (χ1n) is 6.57. The number of terminal acetylenes is 1. The van der Waals surface area contributed by atoms with Gasteiger partial charge in [0, 0.05) is 6.20 Å². The predicted molar refractivity (Wildman–Crippen MR) is 80.6 cm³/mol. The summed E-state index contributed by atoms with van der Waals surface area (Å²) in [5.74, 6) is 1.61. The fraction of sp³-hybridized carbons (Fsp3) is 0.176. The number of pyridine rings is 1. The Bertz CT molecular complexity index is 581. The van der Waals surface area contributed by atoms with Crippen molar-refractivity contribution in [2.24, 2.45) is 0 Å². The lowest BCUT2D eigenvalue weighted by Crippen LogP contribution is -2.35. The van der Waals surface area contributed by atoms with Crippen LogP contribution in [0.4, 0.5) is 0 Å². The van der Waals surface area contributed by atoms with Crippen LogP contribution in [0.3, 0.4) is 0 Å². The summed E-state index contributed by atoms with van der Waals surface area (Å²) in [6.07, 6.45) is 7.09. The summed E-state index contributed by atoms with van der Waals surface area (Å²) in [6, 6.07) is 15.0. The normalized spacial score (nSPS) is 11.8. The van der Waals surface area contributed by atoms with Crippen molar-refractivity contribution in [2.45, 2.75) is 6.04 Å². The van der Waals surface area contributed by atoms with E-state index in [9.17, 15) is 4.79 Å². The lowest BCUT2D eigenvalue weighted by molar-refractivity contribution is -0.138. The second-order valence-corrected chi connectivity index (χ2v) is 4.57. The van der Waals surface area contributed by atoms with Crippen LogP contribution in [0.25, 0.3) is 0 Å². The molecule has 0 fully saturated rings. The van der Waals surface area contributed by atoms with Gasteiger partial charge in [-0.1, -0.05) is 42.3 Å². The van der Waals surface area contributed by atoms with Gasteiger partial charge in [-0.05, 0) is 17.7 Å². The highest BCUT2D eigenvalue weighted by atomic mass is 16.4. The number of hydrogen-bond acceptors (Lipinski definition) is 3. The van der Waals surface area contributed by atoms with E-state index < -0.39 is 5.97 Å². The molecule has 4 heteroatoms. The van der Waals surface area contributed by atoms with E-state index in [0.717, 1.165) is 11.3 Å². The first-order chi connectivity index (χ1) is 10.2. The molecule has 1 aromatic carbocycles. The maximum Gasteiger partial charge on any atom is 0.317 e. The highest BCUT2D eigenvalue weighted by molar-refractivity contribution is 5.69. The number of benzene rings is 1. The number of nitrogens with zero attached hydrogens (tertiary/aromatic N) is 2. The van der Waals surface area contributed by atoms with Crippen molar-refractivity contribution in [3.05, 3.63) is 66.0 Å². The zero-order valence-corrected chi connectivity index (χ0v) is 11.5. The molecule has 1 atom stereocenters. The van der Waals surface area contributed by atoms with E-state index in [2.05, 4.69) is 10.9 Å². The lowest BCUT2D eigenvalue weighted by atomic mass is 10.0. The molecule has 0 saturated carbocycles. The van der Waals surface area contributed by atoms with Crippen LogP contribution in [0.2, 0.25) is 0 Å². The fourth-order valence-electron chi connectivity index (χ4n) is 2.27. The highest BCUT2D eigenvalue weighted by Crippen LogP contribution is 2.26. The first-order valence-corrected chi connectivity index (χ1v) is 6.57. The van der Waals surface area contributed by atoms with Gasteiger partial charge in [0.25, 0.3) is 0 Å². The van der Waals surface area contributed by atoms with Crippen LogP contribution in [0.5, 0.6) is 0 Å². The average molecular weight is 280 g/mol. The van der Waals surface area contributed by atoms with Crippen LogP contribution in [-0.2, 0) is 4.79 Å². The second-order valence-electron chi connectivity index (χ2n) is 4.57. The molecule has 21 heavy (non-hydrogen) atoms. The number of carboxylic acid groups (broad SMARTS) is 1. The van der Waals surface area contributed by atoms with Gasteiger partial charge in [-0.15, -0.1) is 6.42 Å². The van der Waals surface area contributed by atoms with Gasteiger partial charge in [0.15, 0.2) is 0 Å². The maximum absolute atomic E-state index is 11.1. The van der Waals surface area contributed by atoms with Crippen LogP contribution >= 0.6 is 0 Å². The first kappa shape index (κ1) is 14.8. The van der Waals surface area contributed by atoms with E-state index in [1.807, 2.05) is 48.5 Å². The van der Waals surface area contributed by atoms with Gasteiger partial charge in [0.1, 0.15) is 0 Å². The van der Waals surface area contributed by atoms with Crippen LogP contribution in [0.15, 0.2) is 54.7 Å². The zero-order chi connectivity index (χ0) is 15.1. The van der Waals surface area contributed by atoms with Crippen molar-refractivity contribution in [1.29, 1.82) is 0 Å². The van der Waals surface area contributed by atoms with E-state index in [0.29, 0.717) is 0 Å². The monoisotopic (exact) mass is 280 g/mol. The molecule has 106 valence electrons. The van der Waals surface area contributed by atoms with Gasteiger partial charge in [0.05, 0.1) is 24.8 Å². The molecule has 0 aliphatic heterocycles. The Morgan fingerprint density at radius 3 is 2.52 bits per heavy atom. The van der Waals surface area contributed by atoms with Gasteiger partial charge in [0.2, 0.25) is 0 Å². The molecular formula is C17H16N2O2. The molecule has 0 bridgehead atoms. The molecule has 1 heterocycles. The number of carboxylic acids is 1. The molecule has 0 spiro atoms. The molecule has 0 amide bonds. The van der Waals surface area contributed by atoms with E-state index in [1.54, 1.807) is 11.1 Å². The van der Waals surface area contributed by atoms with Gasteiger partial charge >= 0.3 is 5.97 Å². The maximum atomic E-state index is 11.1. The van der Waals surface area contributed by atoms with Crippen LogP contribution in [0, 0.1) is 12.3 Å². The molecule has 0 aliphatic carbocycles. The number of rotatable bonds is 6. The Balaban J connectivity index is 2.44. The van der Waals surface area contributed by atoms with Crippen LogP contribution in [0.1, 0.15) is 17.3 Å². The molecule has 0 saturated heterocycles. The summed E-state index contributed by atoms with van der Waals surface area (Å²) >= 11 is 0. The number of carbonyl (C=O) groups is 1. The second kappa shape index (κ2) is 7.22. The zero-order valence-electron chi connectivity index (χ0n) is 11.5. The minimum atomic E-state index is -0.915. The lowest BCUT2D eigenvalue weighted by Gasteiger charge is -2.28. The number of aliphatic carboxylic acids is 1. The van der Waals surface area contributed by atoms with Crippen molar-refractivity contribution < 1.29 is 9.90 Å². The molecule has 0 radical (unpaired) electrons. The third-order valence-corrected chi connectivity index (χ3v) is 3.08. The summed E-state index contributed by atoms with van der Waals surface area (Å²) in [7, 11) is 0. The summed E-state index contributed by atoms with van der Waals surface area (Å²) in [6.45, 7) is 0.1000. The topological polar surface area (TPSA) is 53.4 Å². The van der Waals surface area contributed by atoms with Crippen molar-refractivity contribution >= 4 is 5.97 Å². The fourth-order valence-corrected chi connectivity index (χ4v) is 2.27. The van der Waals surface area contributed by atoms with Gasteiger partial charge < -0.3 is 5.11 Å². The minimum absolute atomic E-state index is 0.139. The molecule has 2 rings (SSSR count). The highest BCUT2D eigenvalue weighted by Gasteiger charge is 2.24. The Kier molecular flexibility index (Phi) is 5.08. The third-order valence-electron chi connectivity index (χ3n) is 3.08. The SMILES string of the molecule is C#CCN(CC(=O)O)C(c1ccccc1)c1ccccn1. The molecule has 4 nitrogen and oxygen atoms in total. The average Bonchev–Trinajstić information content (AvgIpc) is 2.49. The largest absolute Gasteiger partial charge is 0.480 e. The molecule has 1 unspecified atom stereocenters. The Hall–Kier alpha value is -2.64. The molecule has 0 aliphatic rings. The molecule has 2 aromatic rings. The van der Waals surface area contributed by atoms with Crippen molar-refractivity contribution in [2.75, 3.05) is 13.1 Å². The van der Waals surface area contributed by atoms with Gasteiger partial charge in [-0.3, -0.25) is 14.7 Å². The van der Waals surface area contributed by atoms with E-state index in [-0.39, 0.29) is 19.1 Å². The Morgan fingerprint density at radius 2 is 1.95 bits per heavy atom. The van der Waals surface area contributed by atoms with Crippen molar-refractivity contribution in [3.8, 4) is 12.3 Å². The van der Waals surface area contributed by atoms with E-state index in [4.69, 9.17) is 11.5 Å².